The van der Waals surface area contributed by atoms with Crippen LogP contribution in [0.4, 0.5) is 5.69 Å². The van der Waals surface area contributed by atoms with E-state index in [2.05, 4.69) is 34.6 Å². The summed E-state index contributed by atoms with van der Waals surface area (Å²) in [7, 11) is 3.11. The van der Waals surface area contributed by atoms with Crippen LogP contribution in [-0.4, -0.2) is 39.7 Å². The molecule has 0 aliphatic heterocycles. The van der Waals surface area contributed by atoms with Crippen LogP contribution in [0.1, 0.15) is 21.6 Å². The first kappa shape index (κ1) is 21.9. The molecule has 0 saturated heterocycles. The van der Waals surface area contributed by atoms with E-state index in [0.717, 1.165) is 5.56 Å². The molecule has 0 atom stereocenters. The maximum atomic E-state index is 12.6. The zero-order chi connectivity index (χ0) is 23.2. The van der Waals surface area contributed by atoms with Crippen LogP contribution in [0, 0.1) is 6.92 Å². The van der Waals surface area contributed by atoms with Gasteiger partial charge in [0.2, 0.25) is 5.75 Å². The van der Waals surface area contributed by atoms with E-state index >= 15 is 0 Å². The molecule has 170 valence electrons. The van der Waals surface area contributed by atoms with E-state index in [1.807, 2.05) is 18.2 Å². The molecule has 0 fully saturated rings. The smallest absolute Gasteiger partial charge is 0.276 e. The quantitative estimate of drug-likeness (QED) is 0.420. The lowest BCUT2D eigenvalue weighted by Crippen LogP contribution is -2.14. The van der Waals surface area contributed by atoms with Gasteiger partial charge in [0.25, 0.3) is 5.91 Å². The van der Waals surface area contributed by atoms with Crippen molar-refractivity contribution in [3.63, 3.8) is 0 Å². The highest BCUT2D eigenvalue weighted by Crippen LogP contribution is 2.36. The number of nitrogens with zero attached hydrogens (tertiary/aromatic N) is 4. The SMILES string of the molecule is COc1cccc(OC)c1OCn1ccc(C(=O)Nc2cnn(Cc3cccc(C)c3)c2)n1. The summed E-state index contributed by atoms with van der Waals surface area (Å²) in [5.41, 5.74) is 3.19. The predicted molar refractivity (Wildman–Crippen MR) is 123 cm³/mol. The lowest BCUT2D eigenvalue weighted by Gasteiger charge is -2.13. The lowest BCUT2D eigenvalue weighted by atomic mass is 10.1. The number of anilines is 1. The van der Waals surface area contributed by atoms with Gasteiger partial charge in [-0.05, 0) is 30.7 Å². The largest absolute Gasteiger partial charge is 0.493 e. The van der Waals surface area contributed by atoms with Crippen molar-refractivity contribution in [3.8, 4) is 17.2 Å². The number of ether oxygens (including phenoxy) is 3. The highest BCUT2D eigenvalue weighted by Gasteiger charge is 2.14. The van der Waals surface area contributed by atoms with Crippen LogP contribution in [0.5, 0.6) is 17.2 Å². The zero-order valence-corrected chi connectivity index (χ0v) is 18.7. The predicted octanol–water partition coefficient (Wildman–Crippen LogP) is 3.74. The molecular formula is C24H25N5O4. The van der Waals surface area contributed by atoms with E-state index in [1.165, 1.54) is 10.2 Å². The van der Waals surface area contributed by atoms with Crippen LogP contribution in [-0.2, 0) is 13.3 Å². The maximum absolute atomic E-state index is 12.6. The van der Waals surface area contributed by atoms with Gasteiger partial charge in [-0.3, -0.25) is 9.48 Å². The van der Waals surface area contributed by atoms with Gasteiger partial charge >= 0.3 is 0 Å². The number of para-hydroxylation sites is 1. The number of hydrogen-bond donors (Lipinski definition) is 1. The first-order valence-corrected chi connectivity index (χ1v) is 10.3. The Labute approximate surface area is 191 Å². The number of hydrogen-bond acceptors (Lipinski definition) is 6. The number of carbonyl (C=O) groups excluding carboxylic acids is 1. The number of amides is 1. The van der Waals surface area contributed by atoms with Crippen molar-refractivity contribution in [2.75, 3.05) is 19.5 Å². The molecule has 9 heteroatoms. The summed E-state index contributed by atoms with van der Waals surface area (Å²) in [6.45, 7) is 2.75. The highest BCUT2D eigenvalue weighted by atomic mass is 16.5. The Morgan fingerprint density at radius 1 is 1.03 bits per heavy atom. The monoisotopic (exact) mass is 447 g/mol. The van der Waals surface area contributed by atoms with Crippen molar-refractivity contribution in [2.45, 2.75) is 20.2 Å². The molecule has 4 aromatic rings. The Morgan fingerprint density at radius 3 is 2.52 bits per heavy atom. The number of aromatic nitrogens is 4. The van der Waals surface area contributed by atoms with Gasteiger partial charge in [0.05, 0.1) is 32.6 Å². The fourth-order valence-electron chi connectivity index (χ4n) is 3.35. The average molecular weight is 447 g/mol. The van der Waals surface area contributed by atoms with Crippen molar-refractivity contribution < 1.29 is 19.0 Å². The van der Waals surface area contributed by atoms with Crippen LogP contribution >= 0.6 is 0 Å². The second kappa shape index (κ2) is 9.90. The second-order valence-corrected chi connectivity index (χ2v) is 7.38. The molecule has 2 heterocycles. The van der Waals surface area contributed by atoms with E-state index in [4.69, 9.17) is 14.2 Å². The third-order valence-corrected chi connectivity index (χ3v) is 4.92. The summed E-state index contributed by atoms with van der Waals surface area (Å²) in [6, 6.07) is 15.2. The van der Waals surface area contributed by atoms with E-state index in [-0.39, 0.29) is 18.3 Å². The third-order valence-electron chi connectivity index (χ3n) is 4.92. The highest BCUT2D eigenvalue weighted by molar-refractivity contribution is 6.02. The summed E-state index contributed by atoms with van der Waals surface area (Å²) in [6.07, 6.45) is 5.06. The zero-order valence-electron chi connectivity index (χ0n) is 18.7. The van der Waals surface area contributed by atoms with E-state index in [0.29, 0.717) is 29.5 Å². The summed E-state index contributed by atoms with van der Waals surface area (Å²) in [5.74, 6) is 1.22. The normalized spacial score (nSPS) is 10.6. The fraction of sp³-hybridized carbons (Fsp3) is 0.208. The summed E-state index contributed by atoms with van der Waals surface area (Å²) >= 11 is 0. The number of aryl methyl sites for hydroxylation is 1. The Bertz CT molecular complexity index is 1220. The number of nitrogens with one attached hydrogen (secondary N) is 1. The van der Waals surface area contributed by atoms with Gasteiger partial charge in [0.1, 0.15) is 0 Å². The fourth-order valence-corrected chi connectivity index (χ4v) is 3.35. The number of carbonyl (C=O) groups is 1. The van der Waals surface area contributed by atoms with Crippen LogP contribution in [0.15, 0.2) is 67.1 Å². The molecule has 0 spiro atoms. The maximum Gasteiger partial charge on any atom is 0.276 e. The summed E-state index contributed by atoms with van der Waals surface area (Å²) in [4.78, 5) is 12.6. The Kier molecular flexibility index (Phi) is 6.58. The summed E-state index contributed by atoms with van der Waals surface area (Å²) < 4.78 is 19.8. The molecule has 2 aromatic carbocycles. The van der Waals surface area contributed by atoms with Gasteiger partial charge < -0.3 is 19.5 Å². The minimum atomic E-state index is -0.335. The molecule has 33 heavy (non-hydrogen) atoms. The molecule has 2 aromatic heterocycles. The topological polar surface area (TPSA) is 92.4 Å². The molecule has 9 nitrogen and oxygen atoms in total. The van der Waals surface area contributed by atoms with Crippen LogP contribution in [0.2, 0.25) is 0 Å². The molecule has 0 aliphatic carbocycles. The third kappa shape index (κ3) is 5.32. The Balaban J connectivity index is 1.36. The lowest BCUT2D eigenvalue weighted by molar-refractivity contribution is 0.102. The number of benzene rings is 2. The van der Waals surface area contributed by atoms with Crippen molar-refractivity contribution in [3.05, 3.63) is 83.9 Å². The second-order valence-electron chi connectivity index (χ2n) is 7.38. The van der Waals surface area contributed by atoms with Crippen molar-refractivity contribution in [1.82, 2.24) is 19.6 Å². The molecule has 0 aliphatic rings. The van der Waals surface area contributed by atoms with Crippen molar-refractivity contribution in [2.24, 2.45) is 0 Å². The molecule has 0 unspecified atom stereocenters. The van der Waals surface area contributed by atoms with E-state index < -0.39 is 0 Å². The van der Waals surface area contributed by atoms with Gasteiger partial charge in [-0.15, -0.1) is 0 Å². The minimum Gasteiger partial charge on any atom is -0.493 e. The van der Waals surface area contributed by atoms with Crippen molar-refractivity contribution >= 4 is 11.6 Å². The van der Waals surface area contributed by atoms with Crippen LogP contribution < -0.4 is 19.5 Å². The Hall–Kier alpha value is -4.27. The van der Waals surface area contributed by atoms with Gasteiger partial charge in [0, 0.05) is 12.4 Å². The van der Waals surface area contributed by atoms with E-state index in [9.17, 15) is 4.79 Å². The molecule has 1 amide bonds. The van der Waals surface area contributed by atoms with Gasteiger partial charge in [0.15, 0.2) is 23.9 Å². The molecular weight excluding hydrogens is 422 g/mol. The minimum absolute atomic E-state index is 0.0818. The number of rotatable bonds is 9. The molecule has 0 radical (unpaired) electrons. The first-order chi connectivity index (χ1) is 16.1. The summed E-state index contributed by atoms with van der Waals surface area (Å²) in [5, 5.41) is 11.4. The molecule has 0 bridgehead atoms. The standard InChI is InChI=1S/C24H25N5O4/c1-17-6-4-7-18(12-17)14-29-15-19(13-25-29)26-24(30)20-10-11-28(27-20)16-33-23-21(31-2)8-5-9-22(23)32-3/h4-13,15H,14,16H2,1-3H3,(H,26,30). The Morgan fingerprint density at radius 2 is 1.79 bits per heavy atom. The average Bonchev–Trinajstić information content (AvgIpc) is 3.47. The van der Waals surface area contributed by atoms with Gasteiger partial charge in [-0.2, -0.15) is 10.2 Å². The van der Waals surface area contributed by atoms with Crippen LogP contribution in [0.3, 0.4) is 0 Å². The first-order valence-electron chi connectivity index (χ1n) is 10.3. The molecule has 0 saturated carbocycles. The number of methoxy groups -OCH3 is 2. The van der Waals surface area contributed by atoms with Gasteiger partial charge in [-0.25, -0.2) is 4.68 Å². The van der Waals surface area contributed by atoms with Crippen molar-refractivity contribution in [1.29, 1.82) is 0 Å². The molecule has 1 N–H and O–H groups in total. The van der Waals surface area contributed by atoms with E-state index in [1.54, 1.807) is 55.7 Å². The van der Waals surface area contributed by atoms with Gasteiger partial charge in [-0.1, -0.05) is 35.9 Å². The molecule has 4 rings (SSSR count). The van der Waals surface area contributed by atoms with Crippen LogP contribution in [0.25, 0.3) is 0 Å².